The number of benzene rings is 1. The van der Waals surface area contributed by atoms with Gasteiger partial charge in [0.1, 0.15) is 5.75 Å². The molecule has 0 saturated carbocycles. The number of thioether (sulfide) groups is 1. The predicted molar refractivity (Wildman–Crippen MR) is 202 cm³/mol. The number of carbonyl (C=O) groups excluding carboxylic acids is 4. The SMILES string of the molecule is CCC(C)C(C(CC(=O)N1CCCC1C(SC)C(C)C(=O)N(C)CCc1cccc(O)c1)OC)N(C)C(=O)CN(C)C(=O)C(C(C)C)N(C)C. The highest BCUT2D eigenvalue weighted by Gasteiger charge is 2.42. The first-order valence-corrected chi connectivity index (χ1v) is 19.3. The van der Waals surface area contributed by atoms with Crippen LogP contribution in [0.15, 0.2) is 24.3 Å². The number of hydrogen-bond donors (Lipinski definition) is 1. The Labute approximate surface area is 306 Å². The summed E-state index contributed by atoms with van der Waals surface area (Å²) in [5.74, 6) is -0.297. The summed E-state index contributed by atoms with van der Waals surface area (Å²) in [5, 5.41) is 9.72. The Morgan fingerprint density at radius 2 is 1.68 bits per heavy atom. The van der Waals surface area contributed by atoms with E-state index in [0.717, 1.165) is 24.8 Å². The minimum absolute atomic E-state index is 0.0317. The van der Waals surface area contributed by atoms with Gasteiger partial charge in [0, 0.05) is 58.6 Å². The van der Waals surface area contributed by atoms with Crippen molar-refractivity contribution in [3.8, 4) is 5.75 Å². The number of methoxy groups -OCH3 is 1. The molecule has 0 aliphatic carbocycles. The third-order valence-electron chi connectivity index (χ3n) is 10.5. The highest BCUT2D eigenvalue weighted by Crippen LogP contribution is 2.33. The van der Waals surface area contributed by atoms with Crippen molar-refractivity contribution in [2.24, 2.45) is 17.8 Å². The zero-order chi connectivity index (χ0) is 37.9. The Hall–Kier alpha value is -2.83. The van der Waals surface area contributed by atoms with E-state index in [2.05, 4.69) is 13.8 Å². The lowest BCUT2D eigenvalue weighted by atomic mass is 9.90. The fourth-order valence-corrected chi connectivity index (χ4v) is 8.63. The largest absolute Gasteiger partial charge is 0.508 e. The first-order chi connectivity index (χ1) is 23.5. The molecule has 1 N–H and O–H groups in total. The quantitative estimate of drug-likeness (QED) is 0.228. The number of phenols is 1. The van der Waals surface area contributed by atoms with Crippen molar-refractivity contribution in [2.45, 2.75) is 96.2 Å². The lowest BCUT2D eigenvalue weighted by Crippen LogP contribution is -2.55. The second-order valence-electron chi connectivity index (χ2n) is 14.7. The van der Waals surface area contributed by atoms with Gasteiger partial charge >= 0.3 is 0 Å². The van der Waals surface area contributed by atoms with Crippen molar-refractivity contribution in [2.75, 3.05) is 68.2 Å². The van der Waals surface area contributed by atoms with Crippen LogP contribution in [0.25, 0.3) is 0 Å². The molecular weight excluding hydrogens is 655 g/mol. The van der Waals surface area contributed by atoms with E-state index in [1.807, 2.05) is 64.0 Å². The Morgan fingerprint density at radius 3 is 2.22 bits per heavy atom. The van der Waals surface area contributed by atoms with Gasteiger partial charge in [0.25, 0.3) is 0 Å². The number of aromatic hydroxyl groups is 1. The Morgan fingerprint density at radius 1 is 1.02 bits per heavy atom. The van der Waals surface area contributed by atoms with Crippen LogP contribution in [0.5, 0.6) is 5.75 Å². The third kappa shape index (κ3) is 11.3. The molecular formula is C38H65N5O6S. The second-order valence-corrected chi connectivity index (χ2v) is 15.7. The van der Waals surface area contributed by atoms with Gasteiger partial charge in [0.2, 0.25) is 23.6 Å². The molecule has 0 aromatic heterocycles. The number of likely N-dealkylation sites (N-methyl/N-ethyl adjacent to an activating group) is 4. The monoisotopic (exact) mass is 719 g/mol. The molecule has 284 valence electrons. The standard InChI is InChI=1S/C38H65N5O6S/c1-13-26(4)35(42(10)33(46)24-41(9)38(48)34(25(2)3)39(6)7)31(49-11)23-32(45)43-20-15-18-30(43)36(50-12)27(5)37(47)40(8)21-19-28-16-14-17-29(44)22-28/h14,16-17,22,25-27,30-31,34-36,44H,13,15,18-21,23-24H2,1-12H3. The van der Waals surface area contributed by atoms with Crippen LogP contribution < -0.4 is 0 Å². The summed E-state index contributed by atoms with van der Waals surface area (Å²) in [6.45, 7) is 11.1. The maximum absolute atomic E-state index is 14.1. The van der Waals surface area contributed by atoms with Gasteiger partial charge in [-0.3, -0.25) is 24.1 Å². The number of ether oxygens (including phenoxy) is 1. The molecule has 7 atom stereocenters. The summed E-state index contributed by atoms with van der Waals surface area (Å²) >= 11 is 1.63. The van der Waals surface area contributed by atoms with Crippen molar-refractivity contribution in [3.63, 3.8) is 0 Å². The van der Waals surface area contributed by atoms with Gasteiger partial charge in [-0.25, -0.2) is 0 Å². The molecule has 1 saturated heterocycles. The number of rotatable bonds is 19. The van der Waals surface area contributed by atoms with Gasteiger partial charge < -0.3 is 29.4 Å². The summed E-state index contributed by atoms with van der Waals surface area (Å²) in [6, 6.07) is 6.28. The molecule has 0 spiro atoms. The smallest absolute Gasteiger partial charge is 0.242 e. The predicted octanol–water partition coefficient (Wildman–Crippen LogP) is 4.07. The summed E-state index contributed by atoms with van der Waals surface area (Å²) < 4.78 is 5.99. The molecule has 1 aromatic carbocycles. The van der Waals surface area contributed by atoms with Gasteiger partial charge in [0.15, 0.2) is 0 Å². The first-order valence-electron chi connectivity index (χ1n) is 18.0. The number of likely N-dealkylation sites (tertiary alicyclic amines) is 1. The lowest BCUT2D eigenvalue weighted by molar-refractivity contribution is -0.147. The van der Waals surface area contributed by atoms with Crippen molar-refractivity contribution >= 4 is 35.4 Å². The normalized spacial score (nSPS) is 18.4. The summed E-state index contributed by atoms with van der Waals surface area (Å²) in [4.78, 5) is 63.4. The van der Waals surface area contributed by atoms with Crippen molar-refractivity contribution in [1.82, 2.24) is 24.5 Å². The molecule has 1 heterocycles. The van der Waals surface area contributed by atoms with Crippen molar-refractivity contribution in [1.29, 1.82) is 0 Å². The van der Waals surface area contributed by atoms with Gasteiger partial charge in [-0.15, -0.1) is 0 Å². The molecule has 1 aromatic rings. The van der Waals surface area contributed by atoms with Gasteiger partial charge in [-0.05, 0) is 69.1 Å². The molecule has 1 fully saturated rings. The molecule has 4 amide bonds. The number of hydrogen-bond acceptors (Lipinski definition) is 8. The van der Waals surface area contributed by atoms with E-state index in [9.17, 15) is 24.3 Å². The number of carbonyl (C=O) groups is 4. The van der Waals surface area contributed by atoms with Crippen LogP contribution >= 0.6 is 11.8 Å². The van der Waals surface area contributed by atoms with Crippen LogP contribution in [0.3, 0.4) is 0 Å². The van der Waals surface area contributed by atoms with Crippen LogP contribution in [0, 0.1) is 17.8 Å². The summed E-state index contributed by atoms with van der Waals surface area (Å²) in [6.07, 6.45) is 4.65. The average Bonchev–Trinajstić information content (AvgIpc) is 3.55. The summed E-state index contributed by atoms with van der Waals surface area (Å²) in [7, 11) is 10.5. The van der Waals surface area contributed by atoms with Gasteiger partial charge in [0.05, 0.1) is 31.2 Å². The molecule has 1 aliphatic rings. The van der Waals surface area contributed by atoms with E-state index >= 15 is 0 Å². The van der Waals surface area contributed by atoms with Crippen molar-refractivity contribution in [3.05, 3.63) is 29.8 Å². The Balaban J connectivity index is 2.17. The highest BCUT2D eigenvalue weighted by atomic mass is 32.2. The van der Waals surface area contributed by atoms with E-state index in [0.29, 0.717) is 19.5 Å². The number of phenolic OH excluding ortho intramolecular Hbond substituents is 1. The minimum atomic E-state index is -0.547. The minimum Gasteiger partial charge on any atom is -0.508 e. The Bertz CT molecular complexity index is 1260. The van der Waals surface area contributed by atoms with Crippen LogP contribution in [-0.2, 0) is 30.3 Å². The Kier molecular flexibility index (Phi) is 17.6. The zero-order valence-electron chi connectivity index (χ0n) is 32.7. The van der Waals surface area contributed by atoms with Gasteiger partial charge in [-0.1, -0.05) is 53.2 Å². The van der Waals surface area contributed by atoms with E-state index in [1.54, 1.807) is 61.0 Å². The van der Waals surface area contributed by atoms with Crippen molar-refractivity contribution < 1.29 is 29.0 Å². The van der Waals surface area contributed by atoms with E-state index in [4.69, 9.17) is 4.74 Å². The lowest BCUT2D eigenvalue weighted by Gasteiger charge is -2.40. The molecule has 12 heteroatoms. The zero-order valence-corrected chi connectivity index (χ0v) is 33.5. The molecule has 1 aliphatic heterocycles. The fraction of sp³-hybridized carbons (Fsp3) is 0.737. The number of nitrogens with zero attached hydrogens (tertiary/aromatic N) is 5. The molecule has 7 unspecified atom stereocenters. The number of amides is 4. The van der Waals surface area contributed by atoms with E-state index < -0.39 is 6.10 Å². The molecule has 50 heavy (non-hydrogen) atoms. The molecule has 0 radical (unpaired) electrons. The molecule has 11 nitrogen and oxygen atoms in total. The molecule has 0 bridgehead atoms. The van der Waals surface area contributed by atoms with Crippen LogP contribution in [0.4, 0.5) is 0 Å². The van der Waals surface area contributed by atoms with E-state index in [1.165, 1.54) is 4.90 Å². The van der Waals surface area contributed by atoms with Crippen LogP contribution in [-0.4, -0.2) is 151 Å². The van der Waals surface area contributed by atoms with Crippen LogP contribution in [0.2, 0.25) is 0 Å². The second kappa shape index (κ2) is 20.3. The molecule has 2 rings (SSSR count). The maximum Gasteiger partial charge on any atom is 0.242 e. The third-order valence-corrected chi connectivity index (χ3v) is 11.8. The maximum atomic E-state index is 14.1. The van der Waals surface area contributed by atoms with Gasteiger partial charge in [-0.2, -0.15) is 11.8 Å². The topological polar surface area (TPSA) is 114 Å². The van der Waals surface area contributed by atoms with E-state index in [-0.39, 0.29) is 83.5 Å². The van der Waals surface area contributed by atoms with Crippen LogP contribution in [0.1, 0.15) is 65.9 Å². The summed E-state index contributed by atoms with van der Waals surface area (Å²) in [5.41, 5.74) is 0.964. The first kappa shape index (κ1) is 43.3. The highest BCUT2D eigenvalue weighted by molar-refractivity contribution is 7.99. The average molecular weight is 720 g/mol. The fourth-order valence-electron chi connectivity index (χ4n) is 7.50.